The number of halogens is 1. The predicted octanol–water partition coefficient (Wildman–Crippen LogP) is 2.27. The third kappa shape index (κ3) is 4.22. The summed E-state index contributed by atoms with van der Waals surface area (Å²) in [6.07, 6.45) is -0.0919. The second kappa shape index (κ2) is 7.95. The Labute approximate surface area is 139 Å². The second-order valence-electron chi connectivity index (χ2n) is 6.33. The van der Waals surface area contributed by atoms with E-state index in [2.05, 4.69) is 43.5 Å². The lowest BCUT2D eigenvalue weighted by molar-refractivity contribution is -0.130. The van der Waals surface area contributed by atoms with Crippen molar-refractivity contribution in [1.82, 2.24) is 10.6 Å². The Morgan fingerprint density at radius 2 is 2.00 bits per heavy atom. The molecule has 1 aromatic rings. The van der Waals surface area contributed by atoms with Gasteiger partial charge in [-0.3, -0.25) is 4.79 Å². The summed E-state index contributed by atoms with van der Waals surface area (Å²) >= 11 is 0. The van der Waals surface area contributed by atoms with Crippen LogP contribution >= 0.6 is 12.4 Å². The topological polar surface area (TPSA) is 50.4 Å². The fraction of sp³-hybridized carbons (Fsp3) is 0.588. The van der Waals surface area contributed by atoms with Gasteiger partial charge in [0.15, 0.2) is 0 Å². The van der Waals surface area contributed by atoms with E-state index in [1.165, 1.54) is 5.56 Å². The zero-order valence-corrected chi connectivity index (χ0v) is 14.6. The molecule has 22 heavy (non-hydrogen) atoms. The third-order valence-corrected chi connectivity index (χ3v) is 4.56. The molecule has 0 radical (unpaired) electrons. The Kier molecular flexibility index (Phi) is 6.85. The molecule has 0 aromatic heterocycles. The fourth-order valence-electron chi connectivity index (χ4n) is 2.63. The van der Waals surface area contributed by atoms with Crippen LogP contribution in [0.5, 0.6) is 0 Å². The molecule has 1 unspecified atom stereocenters. The predicted molar refractivity (Wildman–Crippen MR) is 91.5 cm³/mol. The normalized spacial score (nSPS) is 23.3. The van der Waals surface area contributed by atoms with Crippen molar-refractivity contribution < 1.29 is 9.53 Å². The number of hydrogen-bond acceptors (Lipinski definition) is 3. The summed E-state index contributed by atoms with van der Waals surface area (Å²) in [5.74, 6) is 0.0127. The number of ether oxygens (including phenoxy) is 1. The van der Waals surface area contributed by atoms with Gasteiger partial charge in [-0.15, -0.1) is 12.4 Å². The molecule has 0 saturated carbocycles. The Hall–Kier alpha value is -1.10. The van der Waals surface area contributed by atoms with E-state index >= 15 is 0 Å². The average Bonchev–Trinajstić information content (AvgIpc) is 2.48. The van der Waals surface area contributed by atoms with E-state index in [1.807, 2.05) is 25.1 Å². The van der Waals surface area contributed by atoms with Gasteiger partial charge in [-0.05, 0) is 19.4 Å². The minimum Gasteiger partial charge on any atom is -0.375 e. The molecule has 4 nitrogen and oxygen atoms in total. The first-order valence-corrected chi connectivity index (χ1v) is 7.64. The highest BCUT2D eigenvalue weighted by Gasteiger charge is 2.33. The number of benzene rings is 1. The maximum absolute atomic E-state index is 12.4. The van der Waals surface area contributed by atoms with E-state index in [1.54, 1.807) is 0 Å². The van der Waals surface area contributed by atoms with Crippen molar-refractivity contribution in [3.05, 3.63) is 35.9 Å². The first kappa shape index (κ1) is 18.9. The van der Waals surface area contributed by atoms with Crippen LogP contribution in [-0.2, 0) is 14.9 Å². The van der Waals surface area contributed by atoms with Crippen LogP contribution in [-0.4, -0.2) is 37.2 Å². The number of morpholine rings is 1. The van der Waals surface area contributed by atoms with Crippen LogP contribution in [0.4, 0.5) is 0 Å². The summed E-state index contributed by atoms with van der Waals surface area (Å²) in [6, 6.07) is 10.0. The van der Waals surface area contributed by atoms with Crippen molar-refractivity contribution in [2.45, 2.75) is 51.3 Å². The molecule has 1 aliphatic heterocycles. The van der Waals surface area contributed by atoms with E-state index in [4.69, 9.17) is 4.74 Å². The van der Waals surface area contributed by atoms with E-state index in [0.29, 0.717) is 6.61 Å². The number of carbonyl (C=O) groups is 1. The maximum Gasteiger partial charge on any atom is 0.240 e. The highest BCUT2D eigenvalue weighted by atomic mass is 35.5. The lowest BCUT2D eigenvalue weighted by Gasteiger charge is -2.36. The molecule has 124 valence electrons. The number of hydrogen-bond donors (Lipinski definition) is 2. The van der Waals surface area contributed by atoms with Gasteiger partial charge >= 0.3 is 0 Å². The summed E-state index contributed by atoms with van der Waals surface area (Å²) in [5.41, 5.74) is 1.09. The average molecular weight is 327 g/mol. The largest absolute Gasteiger partial charge is 0.375 e. The van der Waals surface area contributed by atoms with E-state index in [9.17, 15) is 4.79 Å². The molecule has 1 fully saturated rings. The molecule has 1 saturated heterocycles. The Balaban J connectivity index is 0.00000242. The highest BCUT2D eigenvalue weighted by molar-refractivity contribution is 5.85. The van der Waals surface area contributed by atoms with Crippen LogP contribution in [0.2, 0.25) is 0 Å². The lowest BCUT2D eigenvalue weighted by Crippen LogP contribution is -2.58. The Bertz CT molecular complexity index is 479. The zero-order valence-electron chi connectivity index (χ0n) is 13.8. The monoisotopic (exact) mass is 326 g/mol. The van der Waals surface area contributed by atoms with Crippen LogP contribution in [0.1, 0.15) is 33.3 Å². The fourth-order valence-corrected chi connectivity index (χ4v) is 2.63. The van der Waals surface area contributed by atoms with Crippen LogP contribution < -0.4 is 10.6 Å². The van der Waals surface area contributed by atoms with Gasteiger partial charge in [-0.2, -0.15) is 0 Å². The van der Waals surface area contributed by atoms with Crippen LogP contribution in [0.25, 0.3) is 0 Å². The summed E-state index contributed by atoms with van der Waals surface area (Å²) in [7, 11) is 0. The quantitative estimate of drug-likeness (QED) is 0.892. The minimum absolute atomic E-state index is 0. The van der Waals surface area contributed by atoms with Gasteiger partial charge in [-0.1, -0.05) is 44.2 Å². The molecule has 1 aliphatic rings. The van der Waals surface area contributed by atoms with Gasteiger partial charge in [0.2, 0.25) is 5.91 Å². The van der Waals surface area contributed by atoms with Crippen LogP contribution in [0, 0.1) is 0 Å². The first-order chi connectivity index (χ1) is 9.93. The van der Waals surface area contributed by atoms with Crippen LogP contribution in [0.3, 0.4) is 0 Å². The molecule has 2 N–H and O–H groups in total. The van der Waals surface area contributed by atoms with Crippen molar-refractivity contribution in [2.75, 3.05) is 13.2 Å². The number of rotatable bonds is 4. The highest BCUT2D eigenvalue weighted by Crippen LogP contribution is 2.26. The molecule has 3 atom stereocenters. The van der Waals surface area contributed by atoms with E-state index < -0.39 is 0 Å². The lowest BCUT2D eigenvalue weighted by atomic mass is 9.78. The molecule has 1 heterocycles. The molecular formula is C17H27ClN2O2. The molecular weight excluding hydrogens is 300 g/mol. The number of amides is 1. The van der Waals surface area contributed by atoms with Crippen molar-refractivity contribution in [3.63, 3.8) is 0 Å². The SMILES string of the molecule is CC(NC(=O)[C@H]1NCCO[C@@H]1C)C(C)(C)c1ccccc1.Cl. The van der Waals surface area contributed by atoms with Gasteiger partial charge in [-0.25, -0.2) is 0 Å². The number of nitrogens with one attached hydrogen (secondary N) is 2. The molecule has 0 bridgehead atoms. The standard InChI is InChI=1S/C17H26N2O2.ClH/c1-12-15(18-10-11-21-12)16(20)19-13(2)17(3,4)14-8-6-5-7-9-14;/h5-9,12-13,15,18H,10-11H2,1-4H3,(H,19,20);1H/t12-,13?,15+;/m1./s1. The summed E-state index contributed by atoms with van der Waals surface area (Å²) in [4.78, 5) is 12.4. The molecule has 2 rings (SSSR count). The third-order valence-electron chi connectivity index (χ3n) is 4.56. The molecule has 5 heteroatoms. The van der Waals surface area contributed by atoms with Crippen molar-refractivity contribution in [1.29, 1.82) is 0 Å². The zero-order chi connectivity index (χ0) is 15.5. The van der Waals surface area contributed by atoms with Crippen LogP contribution in [0.15, 0.2) is 30.3 Å². The van der Waals surface area contributed by atoms with Crippen molar-refractivity contribution >= 4 is 18.3 Å². The molecule has 0 aliphatic carbocycles. The number of carbonyl (C=O) groups excluding carboxylic acids is 1. The van der Waals surface area contributed by atoms with Crippen molar-refractivity contribution in [3.8, 4) is 0 Å². The summed E-state index contributed by atoms with van der Waals surface area (Å²) in [5, 5.41) is 6.37. The second-order valence-corrected chi connectivity index (χ2v) is 6.33. The van der Waals surface area contributed by atoms with Gasteiger partial charge in [0, 0.05) is 18.0 Å². The summed E-state index contributed by atoms with van der Waals surface area (Å²) in [6.45, 7) is 9.68. The van der Waals surface area contributed by atoms with Gasteiger partial charge in [0.25, 0.3) is 0 Å². The van der Waals surface area contributed by atoms with Gasteiger partial charge in [0.1, 0.15) is 6.04 Å². The van der Waals surface area contributed by atoms with Gasteiger partial charge < -0.3 is 15.4 Å². The van der Waals surface area contributed by atoms with E-state index in [-0.39, 0.29) is 41.9 Å². The minimum atomic E-state index is -0.271. The Morgan fingerprint density at radius 1 is 1.36 bits per heavy atom. The molecule has 1 amide bonds. The van der Waals surface area contributed by atoms with E-state index in [0.717, 1.165) is 6.54 Å². The first-order valence-electron chi connectivity index (χ1n) is 7.64. The molecule has 1 aromatic carbocycles. The smallest absolute Gasteiger partial charge is 0.240 e. The summed E-state index contributed by atoms with van der Waals surface area (Å²) < 4.78 is 5.54. The maximum atomic E-state index is 12.4. The van der Waals surface area contributed by atoms with Crippen molar-refractivity contribution in [2.24, 2.45) is 0 Å². The Morgan fingerprint density at radius 3 is 2.59 bits per heavy atom. The molecule has 0 spiro atoms. The van der Waals surface area contributed by atoms with Gasteiger partial charge in [0.05, 0.1) is 12.7 Å².